The summed E-state index contributed by atoms with van der Waals surface area (Å²) in [5.41, 5.74) is 3.62. The SMILES string of the molecule is Cc1cc(C2(NC(=O)c3cscn3)CC2)ccc1C(=O)O. The molecule has 1 amide bonds. The second-order valence-electron chi connectivity index (χ2n) is 5.24. The maximum absolute atomic E-state index is 12.1. The Morgan fingerprint density at radius 1 is 1.38 bits per heavy atom. The van der Waals surface area contributed by atoms with Crippen LogP contribution in [0.1, 0.15) is 44.8 Å². The van der Waals surface area contributed by atoms with Gasteiger partial charge in [0, 0.05) is 5.38 Å². The van der Waals surface area contributed by atoms with Gasteiger partial charge < -0.3 is 10.4 Å². The van der Waals surface area contributed by atoms with Crippen molar-refractivity contribution < 1.29 is 14.7 Å². The minimum atomic E-state index is -0.935. The van der Waals surface area contributed by atoms with E-state index in [-0.39, 0.29) is 11.4 Å². The molecule has 108 valence electrons. The number of aromatic nitrogens is 1. The number of aryl methyl sites for hydroxylation is 1. The monoisotopic (exact) mass is 302 g/mol. The highest BCUT2D eigenvalue weighted by Crippen LogP contribution is 2.46. The molecule has 1 aromatic heterocycles. The number of hydrogen-bond acceptors (Lipinski definition) is 4. The van der Waals surface area contributed by atoms with Gasteiger partial charge in [0.1, 0.15) is 5.69 Å². The van der Waals surface area contributed by atoms with Crippen LogP contribution in [0.25, 0.3) is 0 Å². The van der Waals surface area contributed by atoms with Crippen molar-refractivity contribution in [3.8, 4) is 0 Å². The summed E-state index contributed by atoms with van der Waals surface area (Å²) < 4.78 is 0. The molecule has 1 aromatic carbocycles. The largest absolute Gasteiger partial charge is 0.478 e. The molecule has 0 bridgehead atoms. The highest BCUT2D eigenvalue weighted by atomic mass is 32.1. The summed E-state index contributed by atoms with van der Waals surface area (Å²) in [7, 11) is 0. The molecule has 6 heteroatoms. The quantitative estimate of drug-likeness (QED) is 0.909. The van der Waals surface area contributed by atoms with Crippen molar-refractivity contribution in [2.45, 2.75) is 25.3 Å². The predicted octanol–water partition coefficient (Wildman–Crippen LogP) is 2.57. The second-order valence-corrected chi connectivity index (χ2v) is 5.96. The zero-order valence-corrected chi connectivity index (χ0v) is 12.2. The van der Waals surface area contributed by atoms with Gasteiger partial charge in [-0.05, 0) is 37.0 Å². The van der Waals surface area contributed by atoms with Crippen LogP contribution in [0.5, 0.6) is 0 Å². The van der Waals surface area contributed by atoms with Crippen molar-refractivity contribution in [3.05, 3.63) is 51.5 Å². The summed E-state index contributed by atoms with van der Waals surface area (Å²) >= 11 is 1.38. The van der Waals surface area contributed by atoms with E-state index in [1.54, 1.807) is 29.9 Å². The third-order valence-corrected chi connectivity index (χ3v) is 4.36. The number of nitrogens with zero attached hydrogens (tertiary/aromatic N) is 1. The Hall–Kier alpha value is -2.21. The lowest BCUT2D eigenvalue weighted by Gasteiger charge is -2.18. The predicted molar refractivity (Wildman–Crippen MR) is 78.6 cm³/mol. The first-order valence-electron chi connectivity index (χ1n) is 6.57. The molecule has 1 aliphatic carbocycles. The molecule has 1 heterocycles. The molecule has 0 radical (unpaired) electrons. The van der Waals surface area contributed by atoms with E-state index in [0.717, 1.165) is 18.4 Å². The van der Waals surface area contributed by atoms with Crippen molar-refractivity contribution in [2.24, 2.45) is 0 Å². The van der Waals surface area contributed by atoms with Crippen molar-refractivity contribution in [1.29, 1.82) is 0 Å². The number of amides is 1. The summed E-state index contributed by atoms with van der Waals surface area (Å²) in [6, 6.07) is 5.23. The molecule has 0 unspecified atom stereocenters. The summed E-state index contributed by atoms with van der Waals surface area (Å²) in [6.45, 7) is 1.77. The molecule has 21 heavy (non-hydrogen) atoms. The standard InChI is InChI=1S/C15H14N2O3S/c1-9-6-10(2-3-11(9)14(19)20)15(4-5-15)17-13(18)12-7-21-8-16-12/h2-3,6-8H,4-5H2,1H3,(H,17,18)(H,19,20). The fraction of sp³-hybridized carbons (Fsp3) is 0.267. The van der Waals surface area contributed by atoms with Crippen LogP contribution in [0.4, 0.5) is 0 Å². The van der Waals surface area contributed by atoms with Crippen molar-refractivity contribution in [3.63, 3.8) is 0 Å². The summed E-state index contributed by atoms with van der Waals surface area (Å²) in [4.78, 5) is 27.2. The van der Waals surface area contributed by atoms with Crippen LogP contribution in [-0.4, -0.2) is 22.0 Å². The summed E-state index contributed by atoms with van der Waals surface area (Å²) in [5, 5.41) is 13.8. The van der Waals surface area contributed by atoms with E-state index < -0.39 is 5.97 Å². The normalized spacial score (nSPS) is 15.5. The molecule has 1 fully saturated rings. The number of aromatic carboxylic acids is 1. The van der Waals surface area contributed by atoms with E-state index in [1.165, 1.54) is 11.3 Å². The number of hydrogen-bond donors (Lipinski definition) is 2. The van der Waals surface area contributed by atoms with Gasteiger partial charge in [0.25, 0.3) is 5.91 Å². The van der Waals surface area contributed by atoms with Crippen LogP contribution in [0.3, 0.4) is 0 Å². The van der Waals surface area contributed by atoms with Gasteiger partial charge >= 0.3 is 5.97 Å². The average Bonchev–Trinajstić information content (AvgIpc) is 3.01. The molecular weight excluding hydrogens is 288 g/mol. The Bertz CT molecular complexity index is 706. The zero-order valence-electron chi connectivity index (χ0n) is 11.4. The highest BCUT2D eigenvalue weighted by molar-refractivity contribution is 7.07. The van der Waals surface area contributed by atoms with Gasteiger partial charge in [-0.15, -0.1) is 11.3 Å². The fourth-order valence-corrected chi connectivity index (χ4v) is 2.95. The summed E-state index contributed by atoms with van der Waals surface area (Å²) in [5.74, 6) is -1.12. The van der Waals surface area contributed by atoms with Gasteiger partial charge in [-0.1, -0.05) is 12.1 Å². The van der Waals surface area contributed by atoms with Crippen LogP contribution in [0, 0.1) is 6.92 Å². The van der Waals surface area contributed by atoms with Crippen molar-refractivity contribution in [2.75, 3.05) is 0 Å². The maximum atomic E-state index is 12.1. The van der Waals surface area contributed by atoms with Crippen LogP contribution >= 0.6 is 11.3 Å². The molecule has 0 aliphatic heterocycles. The van der Waals surface area contributed by atoms with Crippen LogP contribution < -0.4 is 5.32 Å². The van der Waals surface area contributed by atoms with Crippen LogP contribution in [0.15, 0.2) is 29.1 Å². The Morgan fingerprint density at radius 2 is 2.14 bits per heavy atom. The van der Waals surface area contributed by atoms with E-state index in [1.807, 2.05) is 6.07 Å². The number of benzene rings is 1. The van der Waals surface area contributed by atoms with Crippen molar-refractivity contribution in [1.82, 2.24) is 10.3 Å². The molecule has 5 nitrogen and oxygen atoms in total. The molecule has 0 saturated heterocycles. The minimum absolute atomic E-state index is 0.186. The molecule has 3 rings (SSSR count). The Kier molecular flexibility index (Phi) is 3.25. The smallest absolute Gasteiger partial charge is 0.335 e. The molecule has 0 spiro atoms. The number of thiazole rings is 1. The first-order chi connectivity index (χ1) is 10.0. The second kappa shape index (κ2) is 4.96. The van der Waals surface area contributed by atoms with Crippen molar-refractivity contribution >= 4 is 23.2 Å². The summed E-state index contributed by atoms with van der Waals surface area (Å²) in [6.07, 6.45) is 1.71. The molecule has 2 aromatic rings. The van der Waals surface area contributed by atoms with Gasteiger partial charge in [0.15, 0.2) is 0 Å². The molecular formula is C15H14N2O3S. The van der Waals surface area contributed by atoms with E-state index in [0.29, 0.717) is 16.8 Å². The molecule has 2 N–H and O–H groups in total. The van der Waals surface area contributed by atoms with E-state index in [4.69, 9.17) is 5.11 Å². The fourth-order valence-electron chi connectivity index (χ4n) is 2.42. The average molecular weight is 302 g/mol. The third-order valence-electron chi connectivity index (χ3n) is 3.78. The highest BCUT2D eigenvalue weighted by Gasteiger charge is 2.46. The maximum Gasteiger partial charge on any atom is 0.335 e. The van der Waals surface area contributed by atoms with Gasteiger partial charge in [0.05, 0.1) is 16.6 Å². The Morgan fingerprint density at radius 3 is 2.67 bits per heavy atom. The lowest BCUT2D eigenvalue weighted by molar-refractivity contribution is 0.0695. The van der Waals surface area contributed by atoms with Gasteiger partial charge in [-0.2, -0.15) is 0 Å². The Labute approximate surface area is 125 Å². The first kappa shape index (κ1) is 13.8. The number of rotatable bonds is 4. The van der Waals surface area contributed by atoms with E-state index >= 15 is 0 Å². The first-order valence-corrected chi connectivity index (χ1v) is 7.51. The van der Waals surface area contributed by atoms with Gasteiger partial charge in [-0.3, -0.25) is 4.79 Å². The third kappa shape index (κ3) is 2.54. The number of carbonyl (C=O) groups excluding carboxylic acids is 1. The van der Waals surface area contributed by atoms with Gasteiger partial charge in [-0.25, -0.2) is 9.78 Å². The van der Waals surface area contributed by atoms with Crippen LogP contribution in [0.2, 0.25) is 0 Å². The molecule has 0 atom stereocenters. The minimum Gasteiger partial charge on any atom is -0.478 e. The van der Waals surface area contributed by atoms with E-state index in [2.05, 4.69) is 10.3 Å². The lowest BCUT2D eigenvalue weighted by atomic mass is 9.98. The number of carboxylic acids is 1. The van der Waals surface area contributed by atoms with Crippen LogP contribution in [-0.2, 0) is 5.54 Å². The number of carboxylic acid groups (broad SMARTS) is 1. The van der Waals surface area contributed by atoms with E-state index in [9.17, 15) is 9.59 Å². The zero-order chi connectivity index (χ0) is 15.0. The number of nitrogens with one attached hydrogen (secondary N) is 1. The Balaban J connectivity index is 1.84. The van der Waals surface area contributed by atoms with Gasteiger partial charge in [0.2, 0.25) is 0 Å². The molecule has 1 saturated carbocycles. The topological polar surface area (TPSA) is 79.3 Å². The lowest BCUT2D eigenvalue weighted by Crippen LogP contribution is -2.35. The molecule has 1 aliphatic rings. The number of carbonyl (C=O) groups is 2.